The summed E-state index contributed by atoms with van der Waals surface area (Å²) >= 11 is 6.07. The molecule has 0 aliphatic rings. The maximum atomic E-state index is 11.2. The number of phenols is 2. The maximum absolute atomic E-state index is 11.2. The van der Waals surface area contributed by atoms with Crippen LogP contribution in [-0.4, -0.2) is 23.1 Å². The molecule has 0 saturated carbocycles. The second-order valence-electron chi connectivity index (χ2n) is 7.88. The van der Waals surface area contributed by atoms with Gasteiger partial charge in [-0.3, -0.25) is 4.79 Å². The molecule has 150 valence electrons. The van der Waals surface area contributed by atoms with Gasteiger partial charge in [0.05, 0.1) is 23.0 Å². The predicted octanol–water partition coefficient (Wildman–Crippen LogP) is 6.11. The molecule has 0 saturated heterocycles. The number of benzene rings is 1. The fourth-order valence-electron chi connectivity index (χ4n) is 2.51. The van der Waals surface area contributed by atoms with Crippen LogP contribution in [0.25, 0.3) is 0 Å². The van der Waals surface area contributed by atoms with E-state index in [-0.39, 0.29) is 33.1 Å². The quantitative estimate of drug-likeness (QED) is 0.229. The summed E-state index contributed by atoms with van der Waals surface area (Å²) in [5.74, 6) is 0.417. The lowest BCUT2D eigenvalue weighted by Crippen LogP contribution is -2.11. The average Bonchev–Trinajstić information content (AvgIpc) is 2.59. The molecular formula is C22H31ClO4. The number of rotatable bonds is 9. The largest absolute Gasteiger partial charge is 0.507 e. The van der Waals surface area contributed by atoms with Crippen LogP contribution in [0.3, 0.4) is 0 Å². The van der Waals surface area contributed by atoms with Crippen molar-refractivity contribution in [1.82, 2.24) is 0 Å². The van der Waals surface area contributed by atoms with Gasteiger partial charge < -0.3 is 14.9 Å². The number of ether oxygens (including phenoxy) is 1. The monoisotopic (exact) mass is 394 g/mol. The van der Waals surface area contributed by atoms with Crippen LogP contribution in [0.5, 0.6) is 11.5 Å². The van der Waals surface area contributed by atoms with Crippen LogP contribution in [0.15, 0.2) is 24.0 Å². The van der Waals surface area contributed by atoms with Gasteiger partial charge in [-0.05, 0) is 45.1 Å². The van der Waals surface area contributed by atoms with Gasteiger partial charge in [-0.1, -0.05) is 50.6 Å². The molecule has 0 amide bonds. The molecule has 4 nitrogen and oxygen atoms in total. The van der Waals surface area contributed by atoms with E-state index in [0.29, 0.717) is 24.9 Å². The van der Waals surface area contributed by atoms with E-state index in [1.54, 1.807) is 6.92 Å². The topological polar surface area (TPSA) is 66.8 Å². The Morgan fingerprint density at radius 1 is 1.22 bits per heavy atom. The SMILES string of the molecule is C=C(OCCCC/C(C)=C\Cc1c(O)c(Cl)c(C)c(C=O)c1O)C(C)(C)C. The molecule has 5 heteroatoms. The fraction of sp³-hybridized carbons (Fsp3) is 0.500. The molecule has 0 spiro atoms. The van der Waals surface area contributed by atoms with E-state index in [1.807, 2.05) is 13.0 Å². The van der Waals surface area contributed by atoms with Gasteiger partial charge in [0.25, 0.3) is 0 Å². The van der Waals surface area contributed by atoms with E-state index >= 15 is 0 Å². The molecule has 0 aromatic heterocycles. The first-order valence-electron chi connectivity index (χ1n) is 9.16. The molecule has 1 rings (SSSR count). The van der Waals surface area contributed by atoms with Gasteiger partial charge in [-0.15, -0.1) is 0 Å². The smallest absolute Gasteiger partial charge is 0.154 e. The van der Waals surface area contributed by atoms with Crippen LogP contribution in [0.4, 0.5) is 0 Å². The van der Waals surface area contributed by atoms with Crippen molar-refractivity contribution in [2.45, 2.75) is 60.3 Å². The Morgan fingerprint density at radius 3 is 2.41 bits per heavy atom. The van der Waals surface area contributed by atoms with Crippen molar-refractivity contribution >= 4 is 17.9 Å². The minimum Gasteiger partial charge on any atom is -0.507 e. The average molecular weight is 395 g/mol. The summed E-state index contributed by atoms with van der Waals surface area (Å²) in [7, 11) is 0. The standard InChI is InChI=1S/C22H31ClO4/c1-14(9-7-8-12-27-16(3)22(4,5)6)10-11-17-20(25)18(13-24)15(2)19(23)21(17)26/h10,13,25-26H,3,7-9,11-12H2,1-2,4-6H3/b14-10-. The second kappa shape index (κ2) is 9.84. The van der Waals surface area contributed by atoms with Crippen LogP contribution >= 0.6 is 11.6 Å². The molecule has 0 aliphatic carbocycles. The number of hydrogen-bond donors (Lipinski definition) is 2. The number of hydrogen-bond acceptors (Lipinski definition) is 4. The minimum absolute atomic E-state index is 0.0461. The second-order valence-corrected chi connectivity index (χ2v) is 8.26. The Morgan fingerprint density at radius 2 is 1.85 bits per heavy atom. The number of phenolic OH excluding ortho intramolecular Hbond substituents is 2. The first-order valence-corrected chi connectivity index (χ1v) is 9.54. The van der Waals surface area contributed by atoms with E-state index < -0.39 is 0 Å². The first-order chi connectivity index (χ1) is 12.5. The highest BCUT2D eigenvalue weighted by Crippen LogP contribution is 2.40. The number of carbonyl (C=O) groups is 1. The Bertz CT molecular complexity index is 727. The van der Waals surface area contributed by atoms with Gasteiger partial charge in [-0.25, -0.2) is 0 Å². The third-order valence-corrected chi connectivity index (χ3v) is 5.08. The molecule has 2 N–H and O–H groups in total. The fourth-order valence-corrected chi connectivity index (χ4v) is 2.73. The van der Waals surface area contributed by atoms with Crippen molar-refractivity contribution in [2.75, 3.05) is 6.61 Å². The summed E-state index contributed by atoms with van der Waals surface area (Å²) in [5.41, 5.74) is 1.86. The molecule has 0 radical (unpaired) electrons. The van der Waals surface area contributed by atoms with Crippen molar-refractivity contribution in [3.8, 4) is 11.5 Å². The number of carbonyl (C=O) groups excluding carboxylic acids is 1. The van der Waals surface area contributed by atoms with Crippen LogP contribution < -0.4 is 0 Å². The van der Waals surface area contributed by atoms with Crippen LogP contribution in [0.2, 0.25) is 5.02 Å². The number of halogens is 1. The number of unbranched alkanes of at least 4 members (excludes halogenated alkanes) is 1. The Labute approximate surface area is 167 Å². The summed E-state index contributed by atoms with van der Waals surface area (Å²) in [6.45, 7) is 14.4. The summed E-state index contributed by atoms with van der Waals surface area (Å²) < 4.78 is 5.67. The van der Waals surface area contributed by atoms with Gasteiger partial charge in [0.15, 0.2) is 6.29 Å². The summed E-state index contributed by atoms with van der Waals surface area (Å²) in [5, 5.41) is 20.5. The van der Waals surface area contributed by atoms with Crippen LogP contribution in [-0.2, 0) is 11.2 Å². The van der Waals surface area contributed by atoms with E-state index in [9.17, 15) is 15.0 Å². The lowest BCUT2D eigenvalue weighted by atomic mass is 9.95. The van der Waals surface area contributed by atoms with Crippen LogP contribution in [0, 0.1) is 12.3 Å². The molecule has 0 bridgehead atoms. The van der Waals surface area contributed by atoms with Gasteiger partial charge in [-0.2, -0.15) is 0 Å². The van der Waals surface area contributed by atoms with E-state index in [0.717, 1.165) is 30.6 Å². The first kappa shape index (κ1) is 23.1. The molecular weight excluding hydrogens is 364 g/mol. The zero-order chi connectivity index (χ0) is 20.8. The highest BCUT2D eigenvalue weighted by atomic mass is 35.5. The normalized spacial score (nSPS) is 12.1. The third-order valence-electron chi connectivity index (χ3n) is 4.62. The predicted molar refractivity (Wildman–Crippen MR) is 111 cm³/mol. The Balaban J connectivity index is 2.62. The van der Waals surface area contributed by atoms with E-state index in [2.05, 4.69) is 27.4 Å². The molecule has 0 fully saturated rings. The molecule has 1 aromatic rings. The van der Waals surface area contributed by atoms with Crippen molar-refractivity contribution in [1.29, 1.82) is 0 Å². The van der Waals surface area contributed by atoms with Gasteiger partial charge in [0.1, 0.15) is 11.5 Å². The summed E-state index contributed by atoms with van der Waals surface area (Å²) in [4.78, 5) is 11.2. The zero-order valence-corrected chi connectivity index (χ0v) is 17.7. The van der Waals surface area contributed by atoms with Gasteiger partial charge in [0.2, 0.25) is 0 Å². The van der Waals surface area contributed by atoms with Crippen molar-refractivity contribution < 1.29 is 19.7 Å². The van der Waals surface area contributed by atoms with Crippen LogP contribution in [0.1, 0.15) is 68.4 Å². The molecule has 0 aliphatic heterocycles. The lowest BCUT2D eigenvalue weighted by molar-refractivity contribution is 0.112. The number of aromatic hydroxyl groups is 2. The minimum atomic E-state index is -0.206. The summed E-state index contributed by atoms with van der Waals surface area (Å²) in [6.07, 6.45) is 5.56. The highest BCUT2D eigenvalue weighted by molar-refractivity contribution is 6.33. The Hall–Kier alpha value is -1.94. The molecule has 1 aromatic carbocycles. The van der Waals surface area contributed by atoms with E-state index in [4.69, 9.17) is 16.3 Å². The van der Waals surface area contributed by atoms with E-state index in [1.165, 1.54) is 0 Å². The molecule has 0 unspecified atom stereocenters. The van der Waals surface area contributed by atoms with Gasteiger partial charge in [0, 0.05) is 11.0 Å². The van der Waals surface area contributed by atoms with Crippen molar-refractivity contribution in [3.63, 3.8) is 0 Å². The lowest BCUT2D eigenvalue weighted by Gasteiger charge is -2.22. The van der Waals surface area contributed by atoms with Crippen molar-refractivity contribution in [3.05, 3.63) is 45.7 Å². The summed E-state index contributed by atoms with van der Waals surface area (Å²) in [6, 6.07) is 0. The van der Waals surface area contributed by atoms with Crippen molar-refractivity contribution in [2.24, 2.45) is 5.41 Å². The highest BCUT2D eigenvalue weighted by Gasteiger charge is 2.19. The Kier molecular flexibility index (Phi) is 8.42. The molecule has 27 heavy (non-hydrogen) atoms. The maximum Gasteiger partial charge on any atom is 0.154 e. The number of aldehydes is 1. The molecule has 0 atom stereocenters. The zero-order valence-electron chi connectivity index (χ0n) is 17.0. The van der Waals surface area contributed by atoms with Gasteiger partial charge >= 0.3 is 0 Å². The molecule has 0 heterocycles. The third kappa shape index (κ3) is 6.31. The number of allylic oxidation sites excluding steroid dienone is 3.